The zero-order valence-electron chi connectivity index (χ0n) is 6.89. The number of Topliss-reactive ketones (excluding diaryl/α,β-unsaturated/α-hetero) is 1. The largest absolute Gasteiger partial charge is 0.299 e. The van der Waals surface area contributed by atoms with Crippen LogP contribution in [0.4, 0.5) is 0 Å². The molecular formula is C7H15NOS. The minimum Gasteiger partial charge on any atom is -0.299 e. The SMILES string of the molecule is CSCCN(C)CC(C)=O. The van der Waals surface area contributed by atoms with Crippen LogP contribution in [-0.4, -0.2) is 42.8 Å². The molecule has 3 heteroatoms. The Balaban J connectivity index is 3.25. The van der Waals surface area contributed by atoms with Crippen molar-refractivity contribution in [2.24, 2.45) is 0 Å². The molecule has 0 amide bonds. The molecule has 0 saturated carbocycles. The van der Waals surface area contributed by atoms with Crippen molar-refractivity contribution >= 4 is 17.5 Å². The second kappa shape index (κ2) is 5.74. The van der Waals surface area contributed by atoms with E-state index in [1.165, 1.54) is 0 Å². The number of hydrogen-bond donors (Lipinski definition) is 0. The third kappa shape index (κ3) is 6.11. The molecule has 0 aromatic carbocycles. The number of hydrogen-bond acceptors (Lipinski definition) is 3. The fraction of sp³-hybridized carbons (Fsp3) is 0.857. The average molecular weight is 161 g/mol. The topological polar surface area (TPSA) is 20.3 Å². The average Bonchev–Trinajstić information content (AvgIpc) is 1.82. The van der Waals surface area contributed by atoms with Crippen LogP contribution in [0.3, 0.4) is 0 Å². The maximum absolute atomic E-state index is 10.6. The smallest absolute Gasteiger partial charge is 0.143 e. The van der Waals surface area contributed by atoms with E-state index >= 15 is 0 Å². The van der Waals surface area contributed by atoms with Gasteiger partial charge in [0.25, 0.3) is 0 Å². The van der Waals surface area contributed by atoms with E-state index in [0.717, 1.165) is 12.3 Å². The van der Waals surface area contributed by atoms with Crippen LogP contribution < -0.4 is 0 Å². The molecule has 0 fully saturated rings. The van der Waals surface area contributed by atoms with Crippen molar-refractivity contribution in [3.63, 3.8) is 0 Å². The van der Waals surface area contributed by atoms with Gasteiger partial charge in [0.1, 0.15) is 5.78 Å². The molecule has 60 valence electrons. The molecule has 0 saturated heterocycles. The molecule has 0 aromatic rings. The molecule has 0 unspecified atom stereocenters. The van der Waals surface area contributed by atoms with Gasteiger partial charge in [-0.1, -0.05) is 0 Å². The minimum atomic E-state index is 0.239. The number of likely N-dealkylation sites (N-methyl/N-ethyl adjacent to an activating group) is 1. The van der Waals surface area contributed by atoms with Crippen molar-refractivity contribution in [1.82, 2.24) is 4.90 Å². The zero-order chi connectivity index (χ0) is 7.98. The van der Waals surface area contributed by atoms with Crippen molar-refractivity contribution < 1.29 is 4.79 Å². The normalized spacial score (nSPS) is 10.4. The first-order valence-corrected chi connectivity index (χ1v) is 4.73. The van der Waals surface area contributed by atoms with Crippen LogP contribution in [0.15, 0.2) is 0 Å². The molecule has 10 heavy (non-hydrogen) atoms. The number of ketones is 1. The van der Waals surface area contributed by atoms with E-state index in [-0.39, 0.29) is 5.78 Å². The van der Waals surface area contributed by atoms with Crippen LogP contribution in [0.1, 0.15) is 6.92 Å². The summed E-state index contributed by atoms with van der Waals surface area (Å²) < 4.78 is 0. The Morgan fingerprint density at radius 3 is 2.60 bits per heavy atom. The van der Waals surface area contributed by atoms with Gasteiger partial charge in [-0.3, -0.25) is 9.69 Å². The first kappa shape index (κ1) is 9.98. The third-order valence-electron chi connectivity index (χ3n) is 1.17. The van der Waals surface area contributed by atoms with Crippen LogP contribution in [0, 0.1) is 0 Å². The fourth-order valence-electron chi connectivity index (χ4n) is 0.706. The standard InChI is InChI=1S/C7H15NOS/c1-7(9)6-8(2)4-5-10-3/h4-6H2,1-3H3. The highest BCUT2D eigenvalue weighted by Crippen LogP contribution is 1.92. The molecular weight excluding hydrogens is 146 g/mol. The molecule has 0 rings (SSSR count). The quantitative estimate of drug-likeness (QED) is 0.597. The molecule has 0 spiro atoms. The van der Waals surface area contributed by atoms with Crippen LogP contribution in [0.5, 0.6) is 0 Å². The molecule has 0 heterocycles. The van der Waals surface area contributed by atoms with Gasteiger partial charge in [-0.2, -0.15) is 11.8 Å². The predicted octanol–water partition coefficient (Wildman–Crippen LogP) is 0.870. The fourth-order valence-corrected chi connectivity index (χ4v) is 1.20. The monoisotopic (exact) mass is 161 g/mol. The zero-order valence-corrected chi connectivity index (χ0v) is 7.70. The van der Waals surface area contributed by atoms with Crippen LogP contribution in [-0.2, 0) is 4.79 Å². The molecule has 0 aliphatic carbocycles. The summed E-state index contributed by atoms with van der Waals surface area (Å²) in [4.78, 5) is 12.6. The summed E-state index contributed by atoms with van der Waals surface area (Å²) in [5.41, 5.74) is 0. The van der Waals surface area contributed by atoms with Crippen molar-refractivity contribution in [1.29, 1.82) is 0 Å². The van der Waals surface area contributed by atoms with Crippen molar-refractivity contribution in [3.05, 3.63) is 0 Å². The second-order valence-corrected chi connectivity index (χ2v) is 3.42. The lowest BCUT2D eigenvalue weighted by Gasteiger charge is -2.12. The van der Waals surface area contributed by atoms with Gasteiger partial charge >= 0.3 is 0 Å². The van der Waals surface area contributed by atoms with Crippen molar-refractivity contribution in [2.75, 3.05) is 32.1 Å². The van der Waals surface area contributed by atoms with E-state index in [1.54, 1.807) is 18.7 Å². The van der Waals surface area contributed by atoms with Gasteiger partial charge in [-0.25, -0.2) is 0 Å². The summed E-state index contributed by atoms with van der Waals surface area (Å²) in [7, 11) is 1.97. The summed E-state index contributed by atoms with van der Waals surface area (Å²) in [6.45, 7) is 3.21. The minimum absolute atomic E-state index is 0.239. The number of rotatable bonds is 5. The maximum atomic E-state index is 10.6. The van der Waals surface area contributed by atoms with Gasteiger partial charge in [0.15, 0.2) is 0 Å². The highest BCUT2D eigenvalue weighted by atomic mass is 32.2. The van der Waals surface area contributed by atoms with Gasteiger partial charge in [0.2, 0.25) is 0 Å². The Morgan fingerprint density at radius 1 is 1.60 bits per heavy atom. The Kier molecular flexibility index (Phi) is 5.73. The van der Waals surface area contributed by atoms with Crippen molar-refractivity contribution in [2.45, 2.75) is 6.92 Å². The van der Waals surface area contributed by atoms with Crippen LogP contribution >= 0.6 is 11.8 Å². The molecule has 0 bridgehead atoms. The molecule has 0 aliphatic heterocycles. The lowest BCUT2D eigenvalue weighted by Crippen LogP contribution is -2.26. The second-order valence-electron chi connectivity index (χ2n) is 2.43. The van der Waals surface area contributed by atoms with E-state index in [0.29, 0.717) is 6.54 Å². The lowest BCUT2D eigenvalue weighted by atomic mass is 10.4. The molecule has 0 aliphatic rings. The Hall–Kier alpha value is -0.0200. The number of nitrogens with zero attached hydrogens (tertiary/aromatic N) is 1. The van der Waals surface area contributed by atoms with E-state index in [9.17, 15) is 4.79 Å². The molecule has 0 radical (unpaired) electrons. The van der Waals surface area contributed by atoms with Gasteiger partial charge in [0, 0.05) is 12.3 Å². The summed E-state index contributed by atoms with van der Waals surface area (Å²) in [5, 5.41) is 0. The van der Waals surface area contributed by atoms with Gasteiger partial charge in [-0.05, 0) is 20.2 Å². The molecule has 0 atom stereocenters. The molecule has 2 nitrogen and oxygen atoms in total. The summed E-state index contributed by atoms with van der Waals surface area (Å²) in [5.74, 6) is 1.34. The highest BCUT2D eigenvalue weighted by molar-refractivity contribution is 7.98. The third-order valence-corrected chi connectivity index (χ3v) is 1.76. The number of thioether (sulfide) groups is 1. The Morgan fingerprint density at radius 2 is 2.20 bits per heavy atom. The Labute approximate surface area is 67.0 Å². The lowest BCUT2D eigenvalue weighted by molar-refractivity contribution is -0.117. The molecule has 0 N–H and O–H groups in total. The van der Waals surface area contributed by atoms with Crippen LogP contribution in [0.25, 0.3) is 0 Å². The van der Waals surface area contributed by atoms with E-state index in [4.69, 9.17) is 0 Å². The van der Waals surface area contributed by atoms with Gasteiger partial charge in [-0.15, -0.1) is 0 Å². The van der Waals surface area contributed by atoms with Gasteiger partial charge in [0.05, 0.1) is 6.54 Å². The van der Waals surface area contributed by atoms with E-state index in [2.05, 4.69) is 6.26 Å². The number of carbonyl (C=O) groups excluding carboxylic acids is 1. The van der Waals surface area contributed by atoms with E-state index in [1.807, 2.05) is 11.9 Å². The summed E-state index contributed by atoms with van der Waals surface area (Å²) in [6, 6.07) is 0. The Bertz CT molecular complexity index is 106. The first-order chi connectivity index (χ1) is 4.66. The van der Waals surface area contributed by atoms with Gasteiger partial charge < -0.3 is 0 Å². The van der Waals surface area contributed by atoms with Crippen molar-refractivity contribution in [3.8, 4) is 0 Å². The van der Waals surface area contributed by atoms with Crippen LogP contribution in [0.2, 0.25) is 0 Å². The number of carbonyl (C=O) groups is 1. The van der Waals surface area contributed by atoms with E-state index < -0.39 is 0 Å². The maximum Gasteiger partial charge on any atom is 0.143 e. The first-order valence-electron chi connectivity index (χ1n) is 3.33. The highest BCUT2D eigenvalue weighted by Gasteiger charge is 1.99. The summed E-state index contributed by atoms with van der Waals surface area (Å²) in [6.07, 6.45) is 2.07. The predicted molar refractivity (Wildman–Crippen MR) is 46.6 cm³/mol. The summed E-state index contributed by atoms with van der Waals surface area (Å²) >= 11 is 1.80. The molecule has 0 aromatic heterocycles.